The SMILES string of the molecule is CCN(c1ccc2c(c1)C(Oc1ccc(F)cc1C#N)CC2)S(=O)(=O)c1cccc(C(F)(F)F)c1. The van der Waals surface area contributed by atoms with Gasteiger partial charge in [-0.3, -0.25) is 4.31 Å². The molecular weight excluding hydrogens is 484 g/mol. The average Bonchev–Trinajstić information content (AvgIpc) is 3.22. The number of rotatable bonds is 6. The van der Waals surface area contributed by atoms with E-state index >= 15 is 0 Å². The van der Waals surface area contributed by atoms with Crippen molar-refractivity contribution in [1.29, 1.82) is 5.26 Å². The van der Waals surface area contributed by atoms with Crippen LogP contribution in [0.1, 0.15) is 41.7 Å². The van der Waals surface area contributed by atoms with Crippen LogP contribution in [0, 0.1) is 17.1 Å². The van der Waals surface area contributed by atoms with Gasteiger partial charge in [-0.25, -0.2) is 12.8 Å². The highest BCUT2D eigenvalue weighted by molar-refractivity contribution is 7.92. The largest absolute Gasteiger partial charge is 0.484 e. The first kappa shape index (κ1) is 24.5. The first-order chi connectivity index (χ1) is 16.5. The molecule has 0 N–H and O–H groups in total. The number of nitrogens with zero attached hydrogens (tertiary/aromatic N) is 2. The number of alkyl halides is 3. The van der Waals surface area contributed by atoms with Crippen molar-refractivity contribution in [3.63, 3.8) is 0 Å². The van der Waals surface area contributed by atoms with Gasteiger partial charge in [-0.1, -0.05) is 12.1 Å². The van der Waals surface area contributed by atoms with E-state index in [9.17, 15) is 31.2 Å². The highest BCUT2D eigenvalue weighted by atomic mass is 32.2. The van der Waals surface area contributed by atoms with Gasteiger partial charge in [0.2, 0.25) is 0 Å². The summed E-state index contributed by atoms with van der Waals surface area (Å²) in [6.07, 6.45) is -3.97. The Morgan fingerprint density at radius 3 is 2.57 bits per heavy atom. The highest BCUT2D eigenvalue weighted by Crippen LogP contribution is 2.39. The number of anilines is 1. The van der Waals surface area contributed by atoms with Crippen molar-refractivity contribution in [2.45, 2.75) is 36.9 Å². The third-order valence-corrected chi connectivity index (χ3v) is 7.71. The number of hydrogen-bond acceptors (Lipinski definition) is 4. The lowest BCUT2D eigenvalue weighted by atomic mass is 10.1. The monoisotopic (exact) mass is 504 g/mol. The number of ether oxygens (including phenoxy) is 1. The molecule has 0 saturated carbocycles. The summed E-state index contributed by atoms with van der Waals surface area (Å²) in [6.45, 7) is 1.57. The molecule has 0 fully saturated rings. The summed E-state index contributed by atoms with van der Waals surface area (Å²) in [4.78, 5) is -0.465. The number of sulfonamides is 1. The van der Waals surface area contributed by atoms with E-state index in [0.717, 1.165) is 34.1 Å². The minimum absolute atomic E-state index is 0.0145. The summed E-state index contributed by atoms with van der Waals surface area (Å²) < 4.78 is 86.5. The number of aryl methyl sites for hydroxylation is 1. The summed E-state index contributed by atoms with van der Waals surface area (Å²) in [7, 11) is -4.29. The van der Waals surface area contributed by atoms with Crippen LogP contribution >= 0.6 is 0 Å². The summed E-state index contributed by atoms with van der Waals surface area (Å²) in [5.41, 5.74) is 0.889. The lowest BCUT2D eigenvalue weighted by Gasteiger charge is -2.25. The Kier molecular flexibility index (Phi) is 6.47. The highest BCUT2D eigenvalue weighted by Gasteiger charge is 2.33. The van der Waals surface area contributed by atoms with Gasteiger partial charge < -0.3 is 4.74 Å². The van der Waals surface area contributed by atoms with Gasteiger partial charge in [0, 0.05) is 6.54 Å². The molecule has 1 atom stereocenters. The number of fused-ring (bicyclic) bond motifs is 1. The fourth-order valence-electron chi connectivity index (χ4n) is 4.13. The van der Waals surface area contributed by atoms with Crippen molar-refractivity contribution in [2.75, 3.05) is 10.8 Å². The lowest BCUT2D eigenvalue weighted by molar-refractivity contribution is -0.137. The average molecular weight is 505 g/mol. The Balaban J connectivity index is 1.68. The molecule has 0 radical (unpaired) electrons. The van der Waals surface area contributed by atoms with Crippen molar-refractivity contribution in [3.05, 3.63) is 88.7 Å². The van der Waals surface area contributed by atoms with E-state index in [1.807, 2.05) is 6.07 Å². The van der Waals surface area contributed by atoms with Crippen LogP contribution in [0.3, 0.4) is 0 Å². The van der Waals surface area contributed by atoms with E-state index in [-0.39, 0.29) is 23.5 Å². The Labute approximate surface area is 200 Å². The molecule has 1 unspecified atom stereocenters. The molecular formula is C25H20F4N2O3S. The van der Waals surface area contributed by atoms with E-state index in [1.54, 1.807) is 25.1 Å². The zero-order valence-electron chi connectivity index (χ0n) is 18.5. The summed E-state index contributed by atoms with van der Waals surface area (Å²) in [5.74, 6) is -0.359. The first-order valence-electron chi connectivity index (χ1n) is 10.7. The zero-order valence-corrected chi connectivity index (χ0v) is 19.3. The van der Waals surface area contributed by atoms with E-state index in [1.165, 1.54) is 12.1 Å². The fraction of sp³-hybridized carbons (Fsp3) is 0.240. The van der Waals surface area contributed by atoms with E-state index in [4.69, 9.17) is 4.74 Å². The topological polar surface area (TPSA) is 70.4 Å². The molecule has 1 aliphatic carbocycles. The zero-order chi connectivity index (χ0) is 25.4. The van der Waals surface area contributed by atoms with Crippen molar-refractivity contribution < 1.29 is 30.7 Å². The molecule has 182 valence electrons. The summed E-state index contributed by atoms with van der Waals surface area (Å²) in [6, 6.07) is 14.1. The third-order valence-electron chi connectivity index (χ3n) is 5.81. The van der Waals surface area contributed by atoms with E-state index < -0.39 is 38.6 Å². The Morgan fingerprint density at radius 2 is 1.89 bits per heavy atom. The van der Waals surface area contributed by atoms with Gasteiger partial charge in [0.15, 0.2) is 0 Å². The van der Waals surface area contributed by atoms with Crippen molar-refractivity contribution in [1.82, 2.24) is 0 Å². The third kappa shape index (κ3) is 4.82. The van der Waals surface area contributed by atoms with Gasteiger partial charge >= 0.3 is 6.18 Å². The predicted molar refractivity (Wildman–Crippen MR) is 121 cm³/mol. The van der Waals surface area contributed by atoms with Crippen LogP contribution in [-0.2, 0) is 22.6 Å². The first-order valence-corrected chi connectivity index (χ1v) is 12.2. The smallest absolute Gasteiger partial charge is 0.416 e. The Bertz CT molecular complexity index is 1410. The number of halogens is 4. The fourth-order valence-corrected chi connectivity index (χ4v) is 5.64. The van der Waals surface area contributed by atoms with Gasteiger partial charge in [0.25, 0.3) is 10.0 Å². The molecule has 3 aromatic rings. The molecule has 0 bridgehead atoms. The second-order valence-electron chi connectivity index (χ2n) is 7.98. The maximum atomic E-state index is 13.5. The molecule has 0 aromatic heterocycles. The standard InChI is InChI=1S/C25H20F4N2O3S/c1-2-31(35(32,33)21-5-3-4-18(13-21)25(27,28)29)20-9-6-16-7-10-24(22(16)14-20)34-23-11-8-19(26)12-17(23)15-30/h3-6,8-9,11-14,24H,2,7,10H2,1H3. The van der Waals surface area contributed by atoms with Crippen LogP contribution < -0.4 is 9.04 Å². The van der Waals surface area contributed by atoms with Crippen LogP contribution in [0.25, 0.3) is 0 Å². The molecule has 0 spiro atoms. The molecule has 0 amide bonds. The van der Waals surface area contributed by atoms with Crippen molar-refractivity contribution >= 4 is 15.7 Å². The van der Waals surface area contributed by atoms with Gasteiger partial charge in [-0.15, -0.1) is 0 Å². The quantitative estimate of drug-likeness (QED) is 0.386. The van der Waals surface area contributed by atoms with Gasteiger partial charge in [-0.2, -0.15) is 18.4 Å². The predicted octanol–water partition coefficient (Wildman–Crippen LogP) is 6.00. The van der Waals surface area contributed by atoms with Crippen molar-refractivity contribution in [3.8, 4) is 11.8 Å². The molecule has 4 rings (SSSR count). The maximum Gasteiger partial charge on any atom is 0.416 e. The number of benzene rings is 3. The molecule has 5 nitrogen and oxygen atoms in total. The maximum absolute atomic E-state index is 13.5. The lowest BCUT2D eigenvalue weighted by Crippen LogP contribution is -2.31. The molecule has 0 heterocycles. The van der Waals surface area contributed by atoms with Crippen LogP contribution in [0.5, 0.6) is 5.75 Å². The number of nitriles is 1. The van der Waals surface area contributed by atoms with Crippen LogP contribution in [0.2, 0.25) is 0 Å². The molecule has 10 heteroatoms. The second kappa shape index (κ2) is 9.23. The second-order valence-corrected chi connectivity index (χ2v) is 9.84. The minimum Gasteiger partial charge on any atom is -0.484 e. The van der Waals surface area contributed by atoms with Crippen molar-refractivity contribution in [2.24, 2.45) is 0 Å². The van der Waals surface area contributed by atoms with Gasteiger partial charge in [0.05, 0.1) is 21.7 Å². The Hall–Kier alpha value is -3.58. The van der Waals surface area contributed by atoms with Crippen LogP contribution in [0.15, 0.2) is 65.6 Å². The molecule has 1 aliphatic rings. The normalized spacial score (nSPS) is 15.4. The summed E-state index contributed by atoms with van der Waals surface area (Å²) >= 11 is 0. The minimum atomic E-state index is -4.68. The van der Waals surface area contributed by atoms with Crippen LogP contribution in [-0.4, -0.2) is 15.0 Å². The number of hydrogen-bond donors (Lipinski definition) is 0. The summed E-state index contributed by atoms with van der Waals surface area (Å²) in [5, 5.41) is 9.29. The van der Waals surface area contributed by atoms with Gasteiger partial charge in [0.1, 0.15) is 23.7 Å². The molecule has 0 aliphatic heterocycles. The molecule has 3 aromatic carbocycles. The molecule has 35 heavy (non-hydrogen) atoms. The molecule has 0 saturated heterocycles. The van der Waals surface area contributed by atoms with Gasteiger partial charge in [-0.05, 0) is 79.4 Å². The van der Waals surface area contributed by atoms with E-state index in [0.29, 0.717) is 24.5 Å². The Morgan fingerprint density at radius 1 is 1.11 bits per heavy atom. The van der Waals surface area contributed by atoms with E-state index in [2.05, 4.69) is 0 Å². The van der Waals surface area contributed by atoms with Crippen LogP contribution in [0.4, 0.5) is 23.2 Å².